The van der Waals surface area contributed by atoms with E-state index in [9.17, 15) is 5.26 Å². The second kappa shape index (κ2) is 5.25. The van der Waals surface area contributed by atoms with Gasteiger partial charge in [0.2, 0.25) is 0 Å². The molecule has 1 aromatic carbocycles. The molecular weight excluding hydrogens is 262 g/mol. The van der Waals surface area contributed by atoms with Crippen LogP contribution in [-0.2, 0) is 0 Å². The minimum Gasteiger partial charge on any atom is -0.436 e. The van der Waals surface area contributed by atoms with E-state index in [2.05, 4.69) is 16.3 Å². The fraction of sp³-hybridized carbons (Fsp3) is 0.214. The summed E-state index contributed by atoms with van der Waals surface area (Å²) in [5, 5.41) is 17.8. The topological polar surface area (TPSA) is 58.8 Å². The summed E-state index contributed by atoms with van der Waals surface area (Å²) in [5.41, 5.74) is 2.77. The van der Waals surface area contributed by atoms with Gasteiger partial charge in [0.15, 0.2) is 0 Å². The lowest BCUT2D eigenvalue weighted by atomic mass is 10.1. The minimum atomic E-state index is 0.219. The predicted octanol–water partition coefficient (Wildman–Crippen LogP) is 3.72. The number of benzene rings is 1. The number of nitrogens with zero attached hydrogens (tertiary/aromatic N) is 3. The van der Waals surface area contributed by atoms with Gasteiger partial charge < -0.3 is 4.74 Å². The fourth-order valence-electron chi connectivity index (χ4n) is 1.62. The van der Waals surface area contributed by atoms with E-state index in [1.807, 2.05) is 13.8 Å². The van der Waals surface area contributed by atoms with Gasteiger partial charge in [-0.1, -0.05) is 11.6 Å². The molecule has 4 nitrogen and oxygen atoms in total. The van der Waals surface area contributed by atoms with E-state index >= 15 is 0 Å². The second-order valence-electron chi connectivity index (χ2n) is 4.21. The molecule has 0 radical (unpaired) electrons. The van der Waals surface area contributed by atoms with Crippen molar-refractivity contribution in [3.05, 3.63) is 45.6 Å². The molecule has 0 atom stereocenters. The van der Waals surface area contributed by atoms with Gasteiger partial charge in [0.1, 0.15) is 17.4 Å². The molecule has 96 valence electrons. The Hall–Kier alpha value is -2.12. The summed E-state index contributed by atoms with van der Waals surface area (Å²) >= 11 is 5.89. The van der Waals surface area contributed by atoms with Crippen LogP contribution in [0.1, 0.15) is 22.4 Å². The molecule has 0 bridgehead atoms. The number of ether oxygens (including phenoxy) is 1. The van der Waals surface area contributed by atoms with Crippen LogP contribution in [0.5, 0.6) is 11.6 Å². The molecule has 1 aromatic heterocycles. The first-order valence-corrected chi connectivity index (χ1v) is 6.08. The lowest BCUT2D eigenvalue weighted by molar-refractivity contribution is 0.448. The molecule has 0 aliphatic carbocycles. The largest absolute Gasteiger partial charge is 0.436 e. The van der Waals surface area contributed by atoms with Crippen LogP contribution < -0.4 is 4.74 Å². The highest BCUT2D eigenvalue weighted by Crippen LogP contribution is 2.29. The van der Waals surface area contributed by atoms with Crippen molar-refractivity contribution in [2.45, 2.75) is 20.8 Å². The third-order valence-electron chi connectivity index (χ3n) is 2.88. The average molecular weight is 274 g/mol. The summed E-state index contributed by atoms with van der Waals surface area (Å²) in [6.45, 7) is 5.51. The fourth-order valence-corrected chi connectivity index (χ4v) is 1.85. The maximum Gasteiger partial charge on any atom is 0.257 e. The summed E-state index contributed by atoms with van der Waals surface area (Å²) < 4.78 is 5.67. The van der Waals surface area contributed by atoms with Crippen molar-refractivity contribution >= 4 is 11.6 Å². The Morgan fingerprint density at radius 2 is 1.95 bits per heavy atom. The van der Waals surface area contributed by atoms with Gasteiger partial charge >= 0.3 is 0 Å². The van der Waals surface area contributed by atoms with E-state index in [0.29, 0.717) is 16.3 Å². The maximum absolute atomic E-state index is 9.20. The lowest BCUT2D eigenvalue weighted by Gasteiger charge is -2.10. The van der Waals surface area contributed by atoms with Crippen LogP contribution in [0.15, 0.2) is 18.2 Å². The molecule has 1 heterocycles. The van der Waals surface area contributed by atoms with Crippen molar-refractivity contribution in [2.75, 3.05) is 0 Å². The van der Waals surface area contributed by atoms with Gasteiger partial charge in [-0.05, 0) is 50.1 Å². The van der Waals surface area contributed by atoms with Crippen molar-refractivity contribution in [1.29, 1.82) is 5.26 Å². The Morgan fingerprint density at radius 3 is 2.58 bits per heavy atom. The molecule has 2 rings (SSSR count). The first kappa shape index (κ1) is 13.3. The SMILES string of the molecule is Cc1cc(Cl)ccc1Oc1nnc(C)c(C)c1C#N. The molecule has 0 aliphatic rings. The van der Waals surface area contributed by atoms with Gasteiger partial charge in [0, 0.05) is 5.02 Å². The molecule has 0 unspecified atom stereocenters. The summed E-state index contributed by atoms with van der Waals surface area (Å²) in [5.74, 6) is 0.828. The Kier molecular flexibility index (Phi) is 3.68. The Morgan fingerprint density at radius 1 is 1.21 bits per heavy atom. The molecule has 0 amide bonds. The standard InChI is InChI=1S/C14H12ClN3O/c1-8-6-11(15)4-5-13(8)19-14-12(7-16)9(2)10(3)17-18-14/h4-6H,1-3H3. The van der Waals surface area contributed by atoms with Crippen LogP contribution in [0, 0.1) is 32.1 Å². The average Bonchev–Trinajstić information content (AvgIpc) is 2.37. The van der Waals surface area contributed by atoms with Gasteiger partial charge in [-0.15, -0.1) is 5.10 Å². The summed E-state index contributed by atoms with van der Waals surface area (Å²) in [6.07, 6.45) is 0. The molecule has 0 saturated heterocycles. The zero-order chi connectivity index (χ0) is 14.0. The molecule has 19 heavy (non-hydrogen) atoms. The van der Waals surface area contributed by atoms with E-state index in [0.717, 1.165) is 16.8 Å². The van der Waals surface area contributed by atoms with Crippen molar-refractivity contribution in [2.24, 2.45) is 0 Å². The number of aromatic nitrogens is 2. The van der Waals surface area contributed by atoms with Gasteiger partial charge in [0.25, 0.3) is 5.88 Å². The Balaban J connectivity index is 2.44. The molecule has 0 aliphatic heterocycles. The first-order valence-electron chi connectivity index (χ1n) is 5.71. The normalized spacial score (nSPS) is 10.1. The Labute approximate surface area is 116 Å². The predicted molar refractivity (Wildman–Crippen MR) is 72.5 cm³/mol. The molecular formula is C14H12ClN3O. The molecule has 0 fully saturated rings. The van der Waals surface area contributed by atoms with E-state index in [1.54, 1.807) is 25.1 Å². The maximum atomic E-state index is 9.20. The molecule has 0 spiro atoms. The third-order valence-corrected chi connectivity index (χ3v) is 3.11. The zero-order valence-corrected chi connectivity index (χ0v) is 11.6. The Bertz CT molecular complexity index is 677. The smallest absolute Gasteiger partial charge is 0.257 e. The second-order valence-corrected chi connectivity index (χ2v) is 4.65. The van der Waals surface area contributed by atoms with Crippen molar-refractivity contribution < 1.29 is 4.74 Å². The van der Waals surface area contributed by atoms with E-state index in [1.165, 1.54) is 0 Å². The van der Waals surface area contributed by atoms with Crippen LogP contribution in [0.25, 0.3) is 0 Å². The van der Waals surface area contributed by atoms with E-state index in [-0.39, 0.29) is 5.88 Å². The van der Waals surface area contributed by atoms with E-state index < -0.39 is 0 Å². The summed E-state index contributed by atoms with van der Waals surface area (Å²) in [7, 11) is 0. The van der Waals surface area contributed by atoms with Crippen LogP contribution in [0.3, 0.4) is 0 Å². The van der Waals surface area contributed by atoms with Crippen LogP contribution in [-0.4, -0.2) is 10.2 Å². The van der Waals surface area contributed by atoms with Gasteiger partial charge in [0.05, 0.1) is 5.69 Å². The quantitative estimate of drug-likeness (QED) is 0.837. The first-order chi connectivity index (χ1) is 9.02. The monoisotopic (exact) mass is 273 g/mol. The minimum absolute atomic E-state index is 0.219. The summed E-state index contributed by atoms with van der Waals surface area (Å²) in [4.78, 5) is 0. The summed E-state index contributed by atoms with van der Waals surface area (Å²) in [6, 6.07) is 7.36. The third kappa shape index (κ3) is 2.67. The van der Waals surface area contributed by atoms with Gasteiger partial charge in [-0.25, -0.2) is 0 Å². The van der Waals surface area contributed by atoms with Crippen molar-refractivity contribution in [1.82, 2.24) is 10.2 Å². The van der Waals surface area contributed by atoms with Gasteiger partial charge in [-0.2, -0.15) is 10.4 Å². The van der Waals surface area contributed by atoms with Gasteiger partial charge in [-0.3, -0.25) is 0 Å². The lowest BCUT2D eigenvalue weighted by Crippen LogP contribution is -2.01. The highest BCUT2D eigenvalue weighted by atomic mass is 35.5. The highest BCUT2D eigenvalue weighted by molar-refractivity contribution is 6.30. The number of hydrogen-bond acceptors (Lipinski definition) is 4. The van der Waals surface area contributed by atoms with Crippen molar-refractivity contribution in [3.63, 3.8) is 0 Å². The zero-order valence-electron chi connectivity index (χ0n) is 10.9. The number of rotatable bonds is 2. The highest BCUT2D eigenvalue weighted by Gasteiger charge is 2.13. The molecule has 5 heteroatoms. The number of hydrogen-bond donors (Lipinski definition) is 0. The van der Waals surface area contributed by atoms with Crippen molar-refractivity contribution in [3.8, 4) is 17.7 Å². The van der Waals surface area contributed by atoms with Crippen LogP contribution in [0.2, 0.25) is 5.02 Å². The number of aryl methyl sites for hydroxylation is 2. The number of halogens is 1. The molecule has 2 aromatic rings. The number of nitriles is 1. The van der Waals surface area contributed by atoms with E-state index in [4.69, 9.17) is 16.3 Å². The molecule has 0 saturated carbocycles. The van der Waals surface area contributed by atoms with Crippen LogP contribution in [0.4, 0.5) is 0 Å². The molecule has 0 N–H and O–H groups in total. The van der Waals surface area contributed by atoms with Crippen LogP contribution >= 0.6 is 11.6 Å².